The first kappa shape index (κ1) is 51.8. The Morgan fingerprint density at radius 2 is 0.833 bits per heavy atom. The summed E-state index contributed by atoms with van der Waals surface area (Å²) in [5.41, 5.74) is 0. The van der Waals surface area contributed by atoms with E-state index in [0.29, 0.717) is 12.8 Å². The number of unbranched alkanes of at least 4 members (excludes halogenated alkanes) is 19. The first-order chi connectivity index (χ1) is 26.3. The van der Waals surface area contributed by atoms with Crippen LogP contribution >= 0.6 is 7.82 Å². The summed E-state index contributed by atoms with van der Waals surface area (Å²) in [6.45, 7) is 3.61. The molecule has 0 aromatic carbocycles. The van der Waals surface area contributed by atoms with Crippen LogP contribution in [-0.4, -0.2) is 41.0 Å². The van der Waals surface area contributed by atoms with Crippen molar-refractivity contribution >= 4 is 19.8 Å². The minimum atomic E-state index is -4.76. The number of rotatable bonds is 39. The molecule has 0 aliphatic heterocycles. The molecule has 9 heteroatoms. The third-order valence-electron chi connectivity index (χ3n) is 9.01. The predicted octanol–water partition coefficient (Wildman–Crippen LogP) is 13.3. The summed E-state index contributed by atoms with van der Waals surface area (Å²) in [5, 5.41) is 0. The number of hydrogen-bond donors (Lipinski definition) is 2. The molecule has 0 aliphatic rings. The molecule has 0 heterocycles. The van der Waals surface area contributed by atoms with Gasteiger partial charge >= 0.3 is 19.8 Å². The van der Waals surface area contributed by atoms with Crippen molar-refractivity contribution in [1.82, 2.24) is 0 Å². The topological polar surface area (TPSA) is 119 Å². The van der Waals surface area contributed by atoms with Crippen molar-refractivity contribution in [1.29, 1.82) is 0 Å². The Morgan fingerprint density at radius 1 is 0.481 bits per heavy atom. The van der Waals surface area contributed by atoms with Crippen LogP contribution in [0.1, 0.15) is 194 Å². The molecule has 8 nitrogen and oxygen atoms in total. The lowest BCUT2D eigenvalue weighted by molar-refractivity contribution is -0.161. The van der Waals surface area contributed by atoms with Crippen LogP contribution in [-0.2, 0) is 28.2 Å². The van der Waals surface area contributed by atoms with Crippen LogP contribution in [0.5, 0.6) is 0 Å². The van der Waals surface area contributed by atoms with E-state index in [1.54, 1.807) is 0 Å². The number of hydrogen-bond acceptors (Lipinski definition) is 6. The average molecular weight is 779 g/mol. The number of phosphoric acid groups is 1. The Labute approximate surface area is 330 Å². The van der Waals surface area contributed by atoms with Gasteiger partial charge in [0, 0.05) is 12.8 Å². The van der Waals surface area contributed by atoms with Crippen molar-refractivity contribution in [2.24, 2.45) is 0 Å². The van der Waals surface area contributed by atoms with Crippen LogP contribution in [0.3, 0.4) is 0 Å². The van der Waals surface area contributed by atoms with E-state index < -0.39 is 32.5 Å². The summed E-state index contributed by atoms with van der Waals surface area (Å²) in [5.74, 6) is -0.916. The number of allylic oxidation sites excluding steroid dienone is 10. The fourth-order valence-corrected chi connectivity index (χ4v) is 6.12. The molecule has 0 saturated heterocycles. The van der Waals surface area contributed by atoms with Crippen LogP contribution in [0.2, 0.25) is 0 Å². The van der Waals surface area contributed by atoms with E-state index in [-0.39, 0.29) is 19.4 Å². The van der Waals surface area contributed by atoms with E-state index >= 15 is 0 Å². The zero-order chi connectivity index (χ0) is 39.6. The molecule has 0 radical (unpaired) electrons. The molecule has 0 bridgehead atoms. The Kier molecular flexibility index (Phi) is 38.7. The number of ether oxygens (including phenoxy) is 2. The predicted molar refractivity (Wildman–Crippen MR) is 225 cm³/mol. The summed E-state index contributed by atoms with van der Waals surface area (Å²) in [4.78, 5) is 42.9. The van der Waals surface area contributed by atoms with Gasteiger partial charge in [-0.25, -0.2) is 4.57 Å². The van der Waals surface area contributed by atoms with Gasteiger partial charge in [0.1, 0.15) is 6.61 Å². The van der Waals surface area contributed by atoms with Gasteiger partial charge in [-0.15, -0.1) is 0 Å². The minimum Gasteiger partial charge on any atom is -0.462 e. The van der Waals surface area contributed by atoms with Crippen molar-refractivity contribution < 1.29 is 37.9 Å². The maximum Gasteiger partial charge on any atom is 0.469 e. The molecule has 0 aliphatic carbocycles. The minimum absolute atomic E-state index is 0.200. The molecule has 0 aromatic heterocycles. The number of phosphoric ester groups is 1. The highest BCUT2D eigenvalue weighted by Crippen LogP contribution is 2.36. The molecule has 1 atom stereocenters. The van der Waals surface area contributed by atoms with Gasteiger partial charge in [0.05, 0.1) is 6.61 Å². The molecule has 0 aromatic rings. The zero-order valence-electron chi connectivity index (χ0n) is 34.4. The Hall–Kier alpha value is -2.25. The largest absolute Gasteiger partial charge is 0.469 e. The van der Waals surface area contributed by atoms with Gasteiger partial charge in [-0.1, -0.05) is 158 Å². The van der Waals surface area contributed by atoms with Gasteiger partial charge in [0.25, 0.3) is 0 Å². The van der Waals surface area contributed by atoms with Crippen molar-refractivity contribution in [3.8, 4) is 0 Å². The van der Waals surface area contributed by atoms with Gasteiger partial charge in [-0.2, -0.15) is 0 Å². The van der Waals surface area contributed by atoms with Crippen molar-refractivity contribution in [2.75, 3.05) is 13.2 Å². The molecule has 0 fully saturated rings. The Bertz CT molecular complexity index is 1060. The fourth-order valence-electron chi connectivity index (χ4n) is 5.76. The monoisotopic (exact) mass is 779 g/mol. The maximum atomic E-state index is 12.4. The zero-order valence-corrected chi connectivity index (χ0v) is 35.2. The standard InChI is InChI=1S/C45H79O8P/c1-3-5-7-9-11-13-15-17-19-21-22-24-26-28-30-32-34-36-38-40-45(47)53-43(42-52-54(48,49)50)41-51-44(46)39-37-35-33-31-29-27-25-23-20-18-16-14-12-10-8-6-4-2/h11-14,17-20,25,27,43H,3-10,15-16,21-24,26,28-42H2,1-2H3,(H2,48,49,50)/b13-11+,14-12+,19-17+,20-18+,27-25+/t43-/m1/s1. The molecular weight excluding hydrogens is 699 g/mol. The first-order valence-corrected chi connectivity index (χ1v) is 23.1. The second-order valence-corrected chi connectivity index (χ2v) is 15.5. The summed E-state index contributed by atoms with van der Waals surface area (Å²) >= 11 is 0. The van der Waals surface area contributed by atoms with Crippen molar-refractivity contribution in [2.45, 2.75) is 200 Å². The van der Waals surface area contributed by atoms with E-state index in [0.717, 1.165) is 70.6 Å². The molecule has 0 unspecified atom stereocenters. The summed E-state index contributed by atoms with van der Waals surface area (Å²) in [7, 11) is -4.76. The number of carbonyl (C=O) groups excluding carboxylic acids is 2. The summed E-state index contributed by atoms with van der Waals surface area (Å²) < 4.78 is 26.4. The van der Waals surface area contributed by atoms with Gasteiger partial charge < -0.3 is 19.3 Å². The highest BCUT2D eigenvalue weighted by molar-refractivity contribution is 7.46. The SMILES string of the molecule is CCCCC/C=C/C/C=C/C/C=C/CCCCCCC(=O)OC[C@H](COP(=O)(O)O)OC(=O)CCCCCCCCCCC/C=C/C/C=C/CCCCC. The Balaban J connectivity index is 3.96. The van der Waals surface area contributed by atoms with Gasteiger partial charge in [0.2, 0.25) is 0 Å². The highest BCUT2D eigenvalue weighted by Gasteiger charge is 2.22. The van der Waals surface area contributed by atoms with E-state index in [2.05, 4.69) is 79.1 Å². The van der Waals surface area contributed by atoms with E-state index in [9.17, 15) is 14.2 Å². The number of esters is 2. The summed E-state index contributed by atoms with van der Waals surface area (Å²) in [6.07, 6.45) is 50.8. The van der Waals surface area contributed by atoms with Crippen molar-refractivity contribution in [3.05, 3.63) is 60.8 Å². The summed E-state index contributed by atoms with van der Waals surface area (Å²) in [6, 6.07) is 0. The molecule has 0 spiro atoms. The second kappa shape index (κ2) is 40.4. The van der Waals surface area contributed by atoms with Crippen LogP contribution in [0.25, 0.3) is 0 Å². The van der Waals surface area contributed by atoms with Crippen molar-refractivity contribution in [3.63, 3.8) is 0 Å². The Morgan fingerprint density at radius 3 is 1.24 bits per heavy atom. The third kappa shape index (κ3) is 42.5. The second-order valence-electron chi connectivity index (χ2n) is 14.3. The molecular formula is C45H79O8P. The lowest BCUT2D eigenvalue weighted by Gasteiger charge is -2.18. The molecule has 0 saturated carbocycles. The molecule has 0 amide bonds. The van der Waals surface area contributed by atoms with Crippen LogP contribution in [0.15, 0.2) is 60.8 Å². The maximum absolute atomic E-state index is 12.4. The van der Waals surface area contributed by atoms with Crippen LogP contribution < -0.4 is 0 Å². The normalized spacial score (nSPS) is 13.0. The highest BCUT2D eigenvalue weighted by atomic mass is 31.2. The number of carbonyl (C=O) groups is 2. The quantitative estimate of drug-likeness (QED) is 0.0274. The smallest absolute Gasteiger partial charge is 0.462 e. The third-order valence-corrected chi connectivity index (χ3v) is 9.49. The molecule has 2 N–H and O–H groups in total. The molecule has 0 rings (SSSR count). The van der Waals surface area contributed by atoms with E-state index in [1.807, 2.05) is 0 Å². The lowest BCUT2D eigenvalue weighted by atomic mass is 10.1. The van der Waals surface area contributed by atoms with E-state index in [4.69, 9.17) is 19.3 Å². The van der Waals surface area contributed by atoms with Gasteiger partial charge in [-0.05, 0) is 83.5 Å². The first-order valence-electron chi connectivity index (χ1n) is 21.6. The van der Waals surface area contributed by atoms with Gasteiger partial charge in [0.15, 0.2) is 6.10 Å². The van der Waals surface area contributed by atoms with Crippen LogP contribution in [0, 0.1) is 0 Å². The van der Waals surface area contributed by atoms with Gasteiger partial charge in [-0.3, -0.25) is 14.1 Å². The lowest BCUT2D eigenvalue weighted by Crippen LogP contribution is -2.29. The van der Waals surface area contributed by atoms with Crippen LogP contribution in [0.4, 0.5) is 0 Å². The fraction of sp³-hybridized carbons (Fsp3) is 0.733. The average Bonchev–Trinajstić information content (AvgIpc) is 3.14. The molecule has 54 heavy (non-hydrogen) atoms. The molecule has 312 valence electrons. The van der Waals surface area contributed by atoms with E-state index in [1.165, 1.54) is 83.5 Å².